The van der Waals surface area contributed by atoms with Crippen LogP contribution in [0.25, 0.3) is 0 Å². The van der Waals surface area contributed by atoms with Gasteiger partial charge in [-0.1, -0.05) is 35.2 Å². The largest absolute Gasteiger partial charge is 0.371 e. The lowest BCUT2D eigenvalue weighted by atomic mass is 9.94. The van der Waals surface area contributed by atoms with Gasteiger partial charge in [0.1, 0.15) is 5.82 Å². The molecule has 0 amide bonds. The van der Waals surface area contributed by atoms with Crippen molar-refractivity contribution in [3.05, 3.63) is 29.6 Å². The molecule has 0 spiro atoms. The summed E-state index contributed by atoms with van der Waals surface area (Å²) in [5.41, 5.74) is 2.20. The molecular weight excluding hydrogens is 281 g/mol. The summed E-state index contributed by atoms with van der Waals surface area (Å²) >= 11 is 3.44. The molecule has 94 valence electrons. The number of halogens is 2. The van der Waals surface area contributed by atoms with Crippen LogP contribution in [-0.4, -0.2) is 13.1 Å². The summed E-state index contributed by atoms with van der Waals surface area (Å²) in [6, 6.07) is 5.71. The van der Waals surface area contributed by atoms with Gasteiger partial charge in [0, 0.05) is 24.1 Å². The van der Waals surface area contributed by atoms with E-state index in [0.717, 1.165) is 11.3 Å². The summed E-state index contributed by atoms with van der Waals surface area (Å²) in [6.07, 6.45) is 6.52. The summed E-state index contributed by atoms with van der Waals surface area (Å²) in [5, 5.41) is 0.706. The maximum atomic E-state index is 13.2. The molecule has 1 aromatic carbocycles. The van der Waals surface area contributed by atoms with Crippen LogP contribution in [0, 0.1) is 5.82 Å². The number of nitrogens with zero attached hydrogens (tertiary/aromatic N) is 1. The Bertz CT molecular complexity index is 374. The van der Waals surface area contributed by atoms with Crippen molar-refractivity contribution < 1.29 is 4.39 Å². The maximum absolute atomic E-state index is 13.2. The second kappa shape index (κ2) is 5.85. The molecule has 1 nitrogen and oxygen atoms in total. The van der Waals surface area contributed by atoms with E-state index in [9.17, 15) is 4.39 Å². The number of benzene rings is 1. The smallest absolute Gasteiger partial charge is 0.123 e. The van der Waals surface area contributed by atoms with E-state index in [1.54, 1.807) is 12.1 Å². The van der Waals surface area contributed by atoms with E-state index in [0.29, 0.717) is 11.4 Å². The number of hydrogen-bond donors (Lipinski definition) is 0. The molecule has 0 aliphatic heterocycles. The fraction of sp³-hybridized carbons (Fsp3) is 0.571. The lowest BCUT2D eigenvalue weighted by molar-refractivity contribution is 0.427. The molecule has 0 saturated heterocycles. The molecule has 1 aromatic rings. The SMILES string of the molecule is CN(c1ccc(F)cc1CBr)C1CCCCC1. The van der Waals surface area contributed by atoms with Crippen LogP contribution in [0.15, 0.2) is 18.2 Å². The molecule has 1 aliphatic carbocycles. The summed E-state index contributed by atoms with van der Waals surface area (Å²) in [4.78, 5) is 2.33. The third-order valence-electron chi connectivity index (χ3n) is 3.69. The minimum Gasteiger partial charge on any atom is -0.371 e. The fourth-order valence-corrected chi connectivity index (χ4v) is 3.12. The number of alkyl halides is 1. The van der Waals surface area contributed by atoms with Crippen LogP contribution in [0.5, 0.6) is 0 Å². The summed E-state index contributed by atoms with van der Waals surface area (Å²) in [6.45, 7) is 0. The van der Waals surface area contributed by atoms with Gasteiger partial charge in [0.25, 0.3) is 0 Å². The normalized spacial score (nSPS) is 17.1. The average Bonchev–Trinajstić information content (AvgIpc) is 2.39. The predicted molar refractivity (Wildman–Crippen MR) is 74.3 cm³/mol. The van der Waals surface area contributed by atoms with E-state index in [-0.39, 0.29) is 5.82 Å². The van der Waals surface area contributed by atoms with Gasteiger partial charge in [0.05, 0.1) is 0 Å². The third kappa shape index (κ3) is 3.01. The molecule has 0 atom stereocenters. The van der Waals surface area contributed by atoms with Crippen LogP contribution in [0.1, 0.15) is 37.7 Å². The molecule has 0 unspecified atom stereocenters. The van der Waals surface area contributed by atoms with Gasteiger partial charge in [-0.3, -0.25) is 0 Å². The molecule has 1 saturated carbocycles. The third-order valence-corrected chi connectivity index (χ3v) is 4.29. The topological polar surface area (TPSA) is 3.24 Å². The van der Waals surface area contributed by atoms with Crippen molar-refractivity contribution in [1.82, 2.24) is 0 Å². The molecular formula is C14H19BrFN. The minimum absolute atomic E-state index is 0.153. The van der Waals surface area contributed by atoms with Gasteiger partial charge in [0.15, 0.2) is 0 Å². The summed E-state index contributed by atoms with van der Waals surface area (Å²) in [7, 11) is 2.13. The highest BCUT2D eigenvalue weighted by molar-refractivity contribution is 9.08. The van der Waals surface area contributed by atoms with Crippen molar-refractivity contribution >= 4 is 21.6 Å². The highest BCUT2D eigenvalue weighted by atomic mass is 79.9. The lowest BCUT2D eigenvalue weighted by Gasteiger charge is -2.34. The maximum Gasteiger partial charge on any atom is 0.123 e. The second-order valence-electron chi connectivity index (χ2n) is 4.81. The van der Waals surface area contributed by atoms with Gasteiger partial charge in [0.2, 0.25) is 0 Å². The Kier molecular flexibility index (Phi) is 4.43. The molecule has 0 radical (unpaired) electrons. The molecule has 2 rings (SSSR count). The van der Waals surface area contributed by atoms with Crippen LogP contribution >= 0.6 is 15.9 Å². The van der Waals surface area contributed by atoms with Gasteiger partial charge >= 0.3 is 0 Å². The van der Waals surface area contributed by atoms with Crippen LogP contribution in [0.3, 0.4) is 0 Å². The molecule has 0 N–H and O–H groups in total. The van der Waals surface area contributed by atoms with Crippen molar-refractivity contribution in [2.75, 3.05) is 11.9 Å². The van der Waals surface area contributed by atoms with E-state index < -0.39 is 0 Å². The van der Waals surface area contributed by atoms with E-state index in [4.69, 9.17) is 0 Å². The van der Waals surface area contributed by atoms with Crippen LogP contribution < -0.4 is 4.90 Å². The Morgan fingerprint density at radius 1 is 1.29 bits per heavy atom. The van der Waals surface area contributed by atoms with E-state index in [2.05, 4.69) is 27.9 Å². The first-order chi connectivity index (χ1) is 8.22. The molecule has 3 heteroatoms. The number of hydrogen-bond acceptors (Lipinski definition) is 1. The van der Waals surface area contributed by atoms with Crippen LogP contribution in [0.4, 0.5) is 10.1 Å². The quantitative estimate of drug-likeness (QED) is 0.743. The van der Waals surface area contributed by atoms with Gasteiger partial charge in [-0.05, 0) is 36.6 Å². The summed E-state index contributed by atoms with van der Waals surface area (Å²) < 4.78 is 13.2. The van der Waals surface area contributed by atoms with Gasteiger partial charge in [-0.15, -0.1) is 0 Å². The van der Waals surface area contributed by atoms with Gasteiger partial charge in [-0.25, -0.2) is 4.39 Å². The Hall–Kier alpha value is -0.570. The Balaban J connectivity index is 2.19. The minimum atomic E-state index is -0.153. The number of rotatable bonds is 3. The van der Waals surface area contributed by atoms with Crippen molar-refractivity contribution in [2.24, 2.45) is 0 Å². The zero-order valence-corrected chi connectivity index (χ0v) is 11.8. The molecule has 0 heterocycles. The second-order valence-corrected chi connectivity index (χ2v) is 5.37. The molecule has 0 aromatic heterocycles. The standard InChI is InChI=1S/C14H19BrFN/c1-17(13-5-3-2-4-6-13)14-8-7-12(16)9-11(14)10-15/h7-9,13H,2-6,10H2,1H3. The Morgan fingerprint density at radius 3 is 2.65 bits per heavy atom. The van der Waals surface area contributed by atoms with E-state index >= 15 is 0 Å². The van der Waals surface area contributed by atoms with Crippen molar-refractivity contribution in [3.8, 4) is 0 Å². The first kappa shape index (κ1) is 12.9. The Labute approximate surface area is 111 Å². The van der Waals surface area contributed by atoms with E-state index in [1.165, 1.54) is 32.1 Å². The molecule has 17 heavy (non-hydrogen) atoms. The lowest BCUT2D eigenvalue weighted by Crippen LogP contribution is -2.33. The fourth-order valence-electron chi connectivity index (χ4n) is 2.67. The molecule has 0 bridgehead atoms. The van der Waals surface area contributed by atoms with Crippen LogP contribution in [0.2, 0.25) is 0 Å². The Morgan fingerprint density at radius 2 is 2.00 bits per heavy atom. The number of anilines is 1. The first-order valence-electron chi connectivity index (χ1n) is 6.29. The monoisotopic (exact) mass is 299 g/mol. The zero-order chi connectivity index (χ0) is 12.3. The van der Waals surface area contributed by atoms with Crippen molar-refractivity contribution in [2.45, 2.75) is 43.5 Å². The van der Waals surface area contributed by atoms with Gasteiger partial charge in [-0.2, -0.15) is 0 Å². The van der Waals surface area contributed by atoms with Gasteiger partial charge < -0.3 is 4.90 Å². The van der Waals surface area contributed by atoms with Crippen molar-refractivity contribution in [3.63, 3.8) is 0 Å². The van der Waals surface area contributed by atoms with Crippen LogP contribution in [-0.2, 0) is 5.33 Å². The summed E-state index contributed by atoms with van der Waals surface area (Å²) in [5.74, 6) is -0.153. The first-order valence-corrected chi connectivity index (χ1v) is 7.41. The molecule has 1 aliphatic rings. The zero-order valence-electron chi connectivity index (χ0n) is 10.3. The highest BCUT2D eigenvalue weighted by Gasteiger charge is 2.20. The van der Waals surface area contributed by atoms with Crippen molar-refractivity contribution in [1.29, 1.82) is 0 Å². The average molecular weight is 300 g/mol. The highest BCUT2D eigenvalue weighted by Crippen LogP contribution is 2.29. The van der Waals surface area contributed by atoms with E-state index in [1.807, 2.05) is 6.07 Å². The molecule has 1 fully saturated rings. The predicted octanol–water partition coefficient (Wildman–Crippen LogP) is 4.49.